The Hall–Kier alpha value is -1.64. The summed E-state index contributed by atoms with van der Waals surface area (Å²) >= 11 is 0. The average Bonchev–Trinajstić information content (AvgIpc) is 2.99. The van der Waals surface area contributed by atoms with E-state index in [1.807, 2.05) is 11.8 Å². The van der Waals surface area contributed by atoms with Crippen LogP contribution in [0.4, 0.5) is 5.82 Å². The summed E-state index contributed by atoms with van der Waals surface area (Å²) in [5.74, 6) is 0.977. The molecule has 2 amide bonds. The van der Waals surface area contributed by atoms with Gasteiger partial charge < -0.3 is 24.8 Å². The van der Waals surface area contributed by atoms with Gasteiger partial charge in [-0.2, -0.15) is 0 Å². The minimum atomic E-state index is -0.290. The highest BCUT2D eigenvalue weighted by molar-refractivity contribution is 5.92. The van der Waals surface area contributed by atoms with E-state index in [9.17, 15) is 9.59 Å². The zero-order valence-electron chi connectivity index (χ0n) is 14.5. The number of amides is 2. The summed E-state index contributed by atoms with van der Waals surface area (Å²) in [6, 6.07) is 1.40. The van der Waals surface area contributed by atoms with Gasteiger partial charge in [0.25, 0.3) is 0 Å². The monoisotopic (exact) mass is 372 g/mol. The van der Waals surface area contributed by atoms with Crippen LogP contribution >= 0.6 is 12.4 Å². The molecule has 0 unspecified atom stereocenters. The quantitative estimate of drug-likeness (QED) is 0.820. The molecule has 9 heteroatoms. The van der Waals surface area contributed by atoms with E-state index >= 15 is 0 Å². The maximum absolute atomic E-state index is 12.6. The Morgan fingerprint density at radius 3 is 2.68 bits per heavy atom. The molecule has 0 bridgehead atoms. The Balaban J connectivity index is 0.00000225. The highest BCUT2D eigenvalue weighted by Gasteiger charge is 2.34. The number of carbonyl (C=O) groups is 2. The number of ether oxygens (including phenoxy) is 1. The largest absolute Gasteiger partial charge is 0.375 e. The fourth-order valence-corrected chi connectivity index (χ4v) is 3.22. The van der Waals surface area contributed by atoms with Crippen LogP contribution in [0, 0.1) is 12.8 Å². The molecule has 0 spiro atoms. The zero-order chi connectivity index (χ0) is 17.1. The number of anilines is 1. The van der Waals surface area contributed by atoms with E-state index in [-0.39, 0.29) is 42.3 Å². The van der Waals surface area contributed by atoms with Crippen molar-refractivity contribution in [2.24, 2.45) is 5.92 Å². The molecular formula is C16H25ClN4O4. The maximum atomic E-state index is 12.6. The van der Waals surface area contributed by atoms with E-state index < -0.39 is 0 Å². The first-order valence-electron chi connectivity index (χ1n) is 8.42. The number of halogens is 1. The van der Waals surface area contributed by atoms with Crippen molar-refractivity contribution in [2.75, 3.05) is 31.6 Å². The van der Waals surface area contributed by atoms with Gasteiger partial charge in [0.05, 0.1) is 12.7 Å². The highest BCUT2D eigenvalue weighted by atomic mass is 35.5. The number of hydrogen-bond acceptors (Lipinski definition) is 6. The second-order valence-corrected chi connectivity index (χ2v) is 6.42. The molecule has 2 saturated heterocycles. The number of piperidine rings is 1. The van der Waals surface area contributed by atoms with E-state index in [0.29, 0.717) is 50.7 Å². The van der Waals surface area contributed by atoms with Crippen molar-refractivity contribution in [2.45, 2.75) is 38.8 Å². The van der Waals surface area contributed by atoms with Crippen molar-refractivity contribution in [1.29, 1.82) is 0 Å². The third-order valence-electron chi connectivity index (χ3n) is 4.64. The maximum Gasteiger partial charge on any atom is 0.242 e. The molecule has 2 fully saturated rings. The van der Waals surface area contributed by atoms with Gasteiger partial charge in [-0.15, -0.1) is 12.4 Å². The SMILES string of the molecule is Cc1cc(NC(=O)C2CCN(C(=O)[C@H]3NCCO[C@@H]3C)CC2)no1.Cl. The van der Waals surface area contributed by atoms with Gasteiger partial charge >= 0.3 is 0 Å². The van der Waals surface area contributed by atoms with Gasteiger partial charge in [0, 0.05) is 31.6 Å². The summed E-state index contributed by atoms with van der Waals surface area (Å²) in [5.41, 5.74) is 0. The Morgan fingerprint density at radius 2 is 2.08 bits per heavy atom. The molecule has 0 saturated carbocycles. The van der Waals surface area contributed by atoms with Crippen LogP contribution in [0.2, 0.25) is 0 Å². The number of aromatic nitrogens is 1. The molecule has 2 N–H and O–H groups in total. The number of likely N-dealkylation sites (tertiary alicyclic amines) is 1. The summed E-state index contributed by atoms with van der Waals surface area (Å²) in [6.45, 7) is 6.18. The first-order chi connectivity index (χ1) is 11.5. The van der Waals surface area contributed by atoms with Gasteiger partial charge in [-0.3, -0.25) is 9.59 Å². The molecule has 3 rings (SSSR count). The van der Waals surface area contributed by atoms with Crippen molar-refractivity contribution in [3.63, 3.8) is 0 Å². The lowest BCUT2D eigenvalue weighted by Crippen LogP contribution is -2.57. The number of rotatable bonds is 3. The lowest BCUT2D eigenvalue weighted by atomic mass is 9.95. The average molecular weight is 373 g/mol. The fourth-order valence-electron chi connectivity index (χ4n) is 3.22. The fraction of sp³-hybridized carbons (Fsp3) is 0.688. The Kier molecular flexibility index (Phi) is 6.80. The standard InChI is InChI=1S/C16H24N4O4.ClH/c1-10-9-13(19-24-10)18-15(21)12-3-6-20(7-4-12)16(22)14-11(2)23-8-5-17-14;/h9,11-12,14,17H,3-8H2,1-2H3,(H,18,19,21);1H/t11-,14+;/m1./s1. The molecule has 0 aromatic carbocycles. The molecule has 0 aliphatic carbocycles. The molecule has 2 aliphatic rings. The second kappa shape index (κ2) is 8.64. The van der Waals surface area contributed by atoms with Crippen LogP contribution in [0.5, 0.6) is 0 Å². The van der Waals surface area contributed by atoms with Crippen molar-refractivity contribution in [1.82, 2.24) is 15.4 Å². The van der Waals surface area contributed by atoms with Crippen LogP contribution in [0.15, 0.2) is 10.6 Å². The van der Waals surface area contributed by atoms with Crippen LogP contribution in [-0.2, 0) is 14.3 Å². The van der Waals surface area contributed by atoms with Gasteiger partial charge in [0.2, 0.25) is 11.8 Å². The number of morpholine rings is 1. The van der Waals surface area contributed by atoms with Crippen LogP contribution in [0.3, 0.4) is 0 Å². The van der Waals surface area contributed by atoms with Crippen LogP contribution in [0.1, 0.15) is 25.5 Å². The van der Waals surface area contributed by atoms with Gasteiger partial charge in [0.15, 0.2) is 5.82 Å². The van der Waals surface area contributed by atoms with E-state index in [4.69, 9.17) is 9.26 Å². The third-order valence-corrected chi connectivity index (χ3v) is 4.64. The van der Waals surface area contributed by atoms with Gasteiger partial charge in [-0.25, -0.2) is 0 Å². The van der Waals surface area contributed by atoms with E-state index in [2.05, 4.69) is 15.8 Å². The van der Waals surface area contributed by atoms with Gasteiger partial charge in [-0.05, 0) is 26.7 Å². The second-order valence-electron chi connectivity index (χ2n) is 6.42. The van der Waals surface area contributed by atoms with Crippen molar-refractivity contribution >= 4 is 30.0 Å². The Morgan fingerprint density at radius 1 is 1.36 bits per heavy atom. The predicted molar refractivity (Wildman–Crippen MR) is 93.6 cm³/mol. The smallest absolute Gasteiger partial charge is 0.242 e. The van der Waals surface area contributed by atoms with Crippen molar-refractivity contribution in [3.05, 3.63) is 11.8 Å². The molecule has 140 valence electrons. The van der Waals surface area contributed by atoms with Crippen LogP contribution in [0.25, 0.3) is 0 Å². The molecule has 25 heavy (non-hydrogen) atoms. The van der Waals surface area contributed by atoms with E-state index in [1.165, 1.54) is 0 Å². The molecule has 3 heterocycles. The zero-order valence-corrected chi connectivity index (χ0v) is 15.3. The Labute approximate surface area is 153 Å². The van der Waals surface area contributed by atoms with Crippen molar-refractivity contribution in [3.8, 4) is 0 Å². The number of nitrogens with zero attached hydrogens (tertiary/aromatic N) is 2. The summed E-state index contributed by atoms with van der Waals surface area (Å²) in [7, 11) is 0. The van der Waals surface area contributed by atoms with Gasteiger partial charge in [-0.1, -0.05) is 5.16 Å². The molecular weight excluding hydrogens is 348 g/mol. The lowest BCUT2D eigenvalue weighted by Gasteiger charge is -2.37. The number of nitrogens with one attached hydrogen (secondary N) is 2. The molecule has 2 aliphatic heterocycles. The first-order valence-corrected chi connectivity index (χ1v) is 8.42. The molecule has 1 aromatic heterocycles. The summed E-state index contributed by atoms with van der Waals surface area (Å²) < 4.78 is 10.5. The van der Waals surface area contributed by atoms with Crippen LogP contribution in [-0.4, -0.2) is 60.3 Å². The van der Waals surface area contributed by atoms with Crippen molar-refractivity contribution < 1.29 is 18.8 Å². The highest BCUT2D eigenvalue weighted by Crippen LogP contribution is 2.21. The Bertz CT molecular complexity index is 601. The minimum absolute atomic E-state index is 0. The summed E-state index contributed by atoms with van der Waals surface area (Å²) in [6.07, 6.45) is 1.18. The summed E-state index contributed by atoms with van der Waals surface area (Å²) in [4.78, 5) is 26.7. The van der Waals surface area contributed by atoms with E-state index in [0.717, 1.165) is 0 Å². The first kappa shape index (κ1) is 19.7. The number of aryl methyl sites for hydroxylation is 1. The normalized spacial score (nSPS) is 24.5. The number of hydrogen-bond donors (Lipinski definition) is 2. The van der Waals surface area contributed by atoms with E-state index in [1.54, 1.807) is 13.0 Å². The molecule has 2 atom stereocenters. The van der Waals surface area contributed by atoms with Gasteiger partial charge in [0.1, 0.15) is 11.8 Å². The minimum Gasteiger partial charge on any atom is -0.375 e. The summed E-state index contributed by atoms with van der Waals surface area (Å²) in [5, 5.41) is 9.76. The number of carbonyl (C=O) groups excluding carboxylic acids is 2. The molecule has 1 aromatic rings. The third kappa shape index (κ3) is 4.71. The van der Waals surface area contributed by atoms with Crippen LogP contribution < -0.4 is 10.6 Å². The predicted octanol–water partition coefficient (Wildman–Crippen LogP) is 0.959. The lowest BCUT2D eigenvalue weighted by molar-refractivity contribution is -0.142. The topological polar surface area (TPSA) is 96.7 Å². The molecule has 8 nitrogen and oxygen atoms in total. The molecule has 0 radical (unpaired) electrons.